The van der Waals surface area contributed by atoms with Gasteiger partial charge in [0.15, 0.2) is 5.96 Å². The van der Waals surface area contributed by atoms with Crippen LogP contribution < -0.4 is 10.6 Å². The SMILES string of the molecule is CCNC(=NCC(c1cnn(C)c1)N(C)C)NCCc1ccc(Cl)nc1.I. The molecule has 0 spiro atoms. The molecule has 0 aliphatic rings. The molecule has 27 heavy (non-hydrogen) atoms. The fourth-order valence-electron chi connectivity index (χ4n) is 2.58. The van der Waals surface area contributed by atoms with Gasteiger partial charge < -0.3 is 15.5 Å². The van der Waals surface area contributed by atoms with Gasteiger partial charge in [-0.1, -0.05) is 17.7 Å². The lowest BCUT2D eigenvalue weighted by Gasteiger charge is -2.22. The summed E-state index contributed by atoms with van der Waals surface area (Å²) in [6.07, 6.45) is 6.59. The quantitative estimate of drug-likeness (QED) is 0.250. The maximum absolute atomic E-state index is 5.82. The van der Waals surface area contributed by atoms with Crippen molar-refractivity contribution in [3.8, 4) is 0 Å². The molecule has 0 amide bonds. The normalized spacial score (nSPS) is 12.6. The molecule has 1 atom stereocenters. The first-order chi connectivity index (χ1) is 12.5. The molecular weight excluding hydrogens is 477 g/mol. The Morgan fingerprint density at radius 3 is 2.63 bits per heavy atom. The number of nitrogens with zero attached hydrogens (tertiary/aromatic N) is 5. The van der Waals surface area contributed by atoms with E-state index in [1.165, 1.54) is 0 Å². The van der Waals surface area contributed by atoms with E-state index in [0.29, 0.717) is 11.7 Å². The lowest BCUT2D eigenvalue weighted by atomic mass is 10.1. The Morgan fingerprint density at radius 2 is 2.07 bits per heavy atom. The van der Waals surface area contributed by atoms with E-state index in [-0.39, 0.29) is 30.0 Å². The number of aryl methyl sites for hydroxylation is 1. The molecule has 0 aliphatic heterocycles. The Labute approximate surface area is 183 Å². The Bertz CT molecular complexity index is 700. The standard InChI is InChI=1S/C18H28ClN7.HI/c1-5-20-18(21-9-8-14-6-7-17(19)22-10-14)23-12-16(25(2)3)15-11-24-26(4)13-15;/h6-7,10-11,13,16H,5,8-9,12H2,1-4H3,(H2,20,21,23);1H. The van der Waals surface area contributed by atoms with E-state index >= 15 is 0 Å². The number of nitrogens with one attached hydrogen (secondary N) is 2. The van der Waals surface area contributed by atoms with E-state index in [4.69, 9.17) is 16.6 Å². The van der Waals surface area contributed by atoms with E-state index in [0.717, 1.165) is 36.6 Å². The van der Waals surface area contributed by atoms with E-state index in [9.17, 15) is 0 Å². The molecule has 0 fully saturated rings. The van der Waals surface area contributed by atoms with Crippen molar-refractivity contribution >= 4 is 41.5 Å². The lowest BCUT2D eigenvalue weighted by Crippen LogP contribution is -2.39. The molecule has 0 saturated carbocycles. The van der Waals surface area contributed by atoms with Crippen LogP contribution in [0.5, 0.6) is 0 Å². The summed E-state index contributed by atoms with van der Waals surface area (Å²) in [7, 11) is 6.04. The number of aliphatic imine (C=N–C) groups is 1. The van der Waals surface area contributed by atoms with Crippen LogP contribution >= 0.6 is 35.6 Å². The molecule has 2 heterocycles. The second-order valence-electron chi connectivity index (χ2n) is 6.31. The molecule has 0 bridgehead atoms. The predicted octanol–water partition coefficient (Wildman–Crippen LogP) is 2.49. The second kappa shape index (κ2) is 12.1. The molecule has 0 aliphatic carbocycles. The third kappa shape index (κ3) is 8.02. The first-order valence-electron chi connectivity index (χ1n) is 8.77. The van der Waals surface area contributed by atoms with Gasteiger partial charge in [0.25, 0.3) is 0 Å². The molecule has 2 N–H and O–H groups in total. The Morgan fingerprint density at radius 1 is 1.30 bits per heavy atom. The molecule has 0 aromatic carbocycles. The molecule has 150 valence electrons. The molecule has 2 rings (SSSR count). The van der Waals surface area contributed by atoms with Crippen LogP contribution in [0.1, 0.15) is 24.1 Å². The van der Waals surface area contributed by atoms with Crippen LogP contribution in [0.4, 0.5) is 0 Å². The monoisotopic (exact) mass is 505 g/mol. The van der Waals surface area contributed by atoms with Gasteiger partial charge in [-0.3, -0.25) is 9.67 Å². The minimum Gasteiger partial charge on any atom is -0.357 e. The highest BCUT2D eigenvalue weighted by atomic mass is 127. The van der Waals surface area contributed by atoms with Crippen LogP contribution in [0, 0.1) is 0 Å². The lowest BCUT2D eigenvalue weighted by molar-refractivity contribution is 0.306. The van der Waals surface area contributed by atoms with Crippen LogP contribution in [0.15, 0.2) is 35.7 Å². The number of likely N-dealkylation sites (N-methyl/N-ethyl adjacent to an activating group) is 1. The van der Waals surface area contributed by atoms with E-state index in [2.05, 4.69) is 46.6 Å². The van der Waals surface area contributed by atoms with Gasteiger partial charge in [-0.25, -0.2) is 4.98 Å². The number of hydrogen-bond donors (Lipinski definition) is 2. The zero-order valence-electron chi connectivity index (χ0n) is 16.3. The van der Waals surface area contributed by atoms with Crippen molar-refractivity contribution in [1.29, 1.82) is 0 Å². The van der Waals surface area contributed by atoms with Crippen molar-refractivity contribution in [1.82, 2.24) is 30.3 Å². The highest BCUT2D eigenvalue weighted by Gasteiger charge is 2.15. The van der Waals surface area contributed by atoms with Crippen LogP contribution in [-0.2, 0) is 13.5 Å². The summed E-state index contributed by atoms with van der Waals surface area (Å²) in [5.41, 5.74) is 2.30. The van der Waals surface area contributed by atoms with Gasteiger partial charge in [-0.15, -0.1) is 24.0 Å². The maximum Gasteiger partial charge on any atom is 0.191 e. The number of aromatic nitrogens is 3. The predicted molar refractivity (Wildman–Crippen MR) is 122 cm³/mol. The smallest absolute Gasteiger partial charge is 0.191 e. The van der Waals surface area contributed by atoms with Gasteiger partial charge in [-0.05, 0) is 39.1 Å². The van der Waals surface area contributed by atoms with E-state index < -0.39 is 0 Å². The molecule has 1 unspecified atom stereocenters. The summed E-state index contributed by atoms with van der Waals surface area (Å²) >= 11 is 5.82. The Kier molecular flexibility index (Phi) is 10.6. The number of guanidine groups is 1. The number of hydrogen-bond acceptors (Lipinski definition) is 4. The minimum absolute atomic E-state index is 0. The molecule has 7 nitrogen and oxygen atoms in total. The Balaban J connectivity index is 0.00000364. The summed E-state index contributed by atoms with van der Waals surface area (Å²) in [4.78, 5) is 11.0. The Hall–Kier alpha value is -1.39. The summed E-state index contributed by atoms with van der Waals surface area (Å²) in [6.45, 7) is 4.30. The van der Waals surface area contributed by atoms with Crippen LogP contribution in [-0.4, -0.2) is 59.4 Å². The highest BCUT2D eigenvalue weighted by molar-refractivity contribution is 14.0. The first kappa shape index (κ1) is 23.6. The summed E-state index contributed by atoms with van der Waals surface area (Å²) in [5.74, 6) is 0.810. The fourth-order valence-corrected chi connectivity index (χ4v) is 2.69. The van der Waals surface area contributed by atoms with Crippen molar-refractivity contribution in [2.75, 3.05) is 33.7 Å². The van der Waals surface area contributed by atoms with Crippen LogP contribution in [0.3, 0.4) is 0 Å². The third-order valence-electron chi connectivity index (χ3n) is 3.99. The zero-order chi connectivity index (χ0) is 18.9. The largest absolute Gasteiger partial charge is 0.357 e. The first-order valence-corrected chi connectivity index (χ1v) is 9.15. The molecule has 9 heteroatoms. The van der Waals surface area contributed by atoms with Crippen molar-refractivity contribution in [2.45, 2.75) is 19.4 Å². The number of halogens is 2. The second-order valence-corrected chi connectivity index (χ2v) is 6.70. The van der Waals surface area contributed by atoms with Crippen molar-refractivity contribution < 1.29 is 0 Å². The zero-order valence-corrected chi connectivity index (χ0v) is 19.4. The molecule has 2 aromatic rings. The van der Waals surface area contributed by atoms with Crippen molar-refractivity contribution in [3.63, 3.8) is 0 Å². The average Bonchev–Trinajstić information content (AvgIpc) is 3.02. The summed E-state index contributed by atoms with van der Waals surface area (Å²) in [5, 5.41) is 11.4. The van der Waals surface area contributed by atoms with Gasteiger partial charge in [0.05, 0.1) is 18.8 Å². The number of rotatable bonds is 8. The van der Waals surface area contributed by atoms with Crippen molar-refractivity contribution in [2.24, 2.45) is 12.0 Å². The van der Waals surface area contributed by atoms with Gasteiger partial charge in [-0.2, -0.15) is 5.10 Å². The topological polar surface area (TPSA) is 70.4 Å². The van der Waals surface area contributed by atoms with Gasteiger partial charge >= 0.3 is 0 Å². The van der Waals surface area contributed by atoms with Crippen LogP contribution in [0.25, 0.3) is 0 Å². The van der Waals surface area contributed by atoms with Gasteiger partial charge in [0, 0.05) is 38.1 Å². The molecule has 2 aromatic heterocycles. The molecular formula is C18H29ClIN7. The fraction of sp³-hybridized carbons (Fsp3) is 0.500. The number of pyridine rings is 1. The van der Waals surface area contributed by atoms with Gasteiger partial charge in [0.2, 0.25) is 0 Å². The molecule has 0 saturated heterocycles. The maximum atomic E-state index is 5.82. The minimum atomic E-state index is 0. The summed E-state index contributed by atoms with van der Waals surface area (Å²) in [6, 6.07) is 3.98. The highest BCUT2D eigenvalue weighted by Crippen LogP contribution is 2.17. The van der Waals surface area contributed by atoms with E-state index in [1.54, 1.807) is 6.20 Å². The van der Waals surface area contributed by atoms with Crippen molar-refractivity contribution in [3.05, 3.63) is 47.0 Å². The summed E-state index contributed by atoms with van der Waals surface area (Å²) < 4.78 is 1.82. The van der Waals surface area contributed by atoms with Gasteiger partial charge in [0.1, 0.15) is 5.15 Å². The van der Waals surface area contributed by atoms with Crippen LogP contribution in [0.2, 0.25) is 5.15 Å². The van der Waals surface area contributed by atoms with E-state index in [1.807, 2.05) is 36.3 Å². The average molecular weight is 506 g/mol. The third-order valence-corrected chi connectivity index (χ3v) is 4.22. The molecule has 0 radical (unpaired) electrons.